The number of benzene rings is 1. The number of likely N-dealkylation sites (tertiary alicyclic amines) is 1. The van der Waals surface area contributed by atoms with Crippen molar-refractivity contribution in [1.82, 2.24) is 25.0 Å². The van der Waals surface area contributed by atoms with E-state index in [1.54, 1.807) is 9.58 Å². The minimum absolute atomic E-state index is 0.0266. The van der Waals surface area contributed by atoms with Crippen molar-refractivity contribution in [2.45, 2.75) is 64.1 Å². The van der Waals surface area contributed by atoms with E-state index in [4.69, 9.17) is 4.74 Å². The standard InChI is InChI=1S/C22H29N5O3/c1-15-23-16(2)27(25-15)12-9-20(28)24-18-14-22(10-8-21(29)26(3)13-11-22)30-19-7-5-4-6-17(18)19/h4-7,18H,8-14H2,1-3H3,(H,24,28)/t18-,22+/m1/s1. The summed E-state index contributed by atoms with van der Waals surface area (Å²) in [5, 5.41) is 7.53. The molecule has 8 nitrogen and oxygen atoms in total. The summed E-state index contributed by atoms with van der Waals surface area (Å²) in [5.41, 5.74) is 0.556. The topological polar surface area (TPSA) is 89.4 Å². The highest BCUT2D eigenvalue weighted by atomic mass is 16.5. The number of amides is 2. The quantitative estimate of drug-likeness (QED) is 0.834. The number of nitrogens with zero attached hydrogens (tertiary/aromatic N) is 4. The first kappa shape index (κ1) is 20.4. The van der Waals surface area contributed by atoms with Gasteiger partial charge in [-0.1, -0.05) is 18.2 Å². The summed E-state index contributed by atoms with van der Waals surface area (Å²) in [6.45, 7) is 4.89. The first-order valence-corrected chi connectivity index (χ1v) is 10.5. The monoisotopic (exact) mass is 411 g/mol. The van der Waals surface area contributed by atoms with Crippen LogP contribution in [0.15, 0.2) is 24.3 Å². The van der Waals surface area contributed by atoms with Gasteiger partial charge in [0.15, 0.2) is 0 Å². The third kappa shape index (κ3) is 4.17. The maximum atomic E-state index is 12.8. The van der Waals surface area contributed by atoms with Crippen molar-refractivity contribution in [3.63, 3.8) is 0 Å². The summed E-state index contributed by atoms with van der Waals surface area (Å²) in [7, 11) is 1.84. The molecule has 1 aromatic carbocycles. The van der Waals surface area contributed by atoms with E-state index in [1.165, 1.54) is 0 Å². The van der Waals surface area contributed by atoms with Crippen molar-refractivity contribution < 1.29 is 14.3 Å². The Hall–Kier alpha value is -2.90. The zero-order valence-electron chi connectivity index (χ0n) is 17.9. The maximum absolute atomic E-state index is 12.8. The predicted molar refractivity (Wildman–Crippen MR) is 111 cm³/mol. The molecule has 1 aromatic heterocycles. The summed E-state index contributed by atoms with van der Waals surface area (Å²) in [4.78, 5) is 31.0. The second-order valence-corrected chi connectivity index (χ2v) is 8.39. The van der Waals surface area contributed by atoms with Crippen LogP contribution in [0.3, 0.4) is 0 Å². The van der Waals surface area contributed by atoms with E-state index in [9.17, 15) is 9.59 Å². The highest BCUT2D eigenvalue weighted by Crippen LogP contribution is 2.44. The molecule has 0 radical (unpaired) electrons. The Morgan fingerprint density at radius 2 is 2.10 bits per heavy atom. The molecule has 2 aromatic rings. The number of aromatic nitrogens is 3. The lowest BCUT2D eigenvalue weighted by atomic mass is 9.82. The summed E-state index contributed by atoms with van der Waals surface area (Å²) >= 11 is 0. The average molecular weight is 412 g/mol. The molecule has 0 unspecified atom stereocenters. The zero-order valence-corrected chi connectivity index (χ0v) is 17.9. The highest BCUT2D eigenvalue weighted by Gasteiger charge is 2.43. The molecule has 3 heterocycles. The Balaban J connectivity index is 1.49. The molecule has 1 N–H and O–H groups in total. The molecular weight excluding hydrogens is 382 g/mol. The van der Waals surface area contributed by atoms with Gasteiger partial charge in [0.2, 0.25) is 11.8 Å². The van der Waals surface area contributed by atoms with Crippen molar-refractivity contribution >= 4 is 11.8 Å². The van der Waals surface area contributed by atoms with Gasteiger partial charge >= 0.3 is 0 Å². The van der Waals surface area contributed by atoms with Gasteiger partial charge in [-0.25, -0.2) is 9.67 Å². The van der Waals surface area contributed by atoms with Crippen LogP contribution in [0.5, 0.6) is 5.75 Å². The molecular formula is C22H29N5O3. The van der Waals surface area contributed by atoms with Crippen LogP contribution in [0, 0.1) is 13.8 Å². The largest absolute Gasteiger partial charge is 0.487 e. The summed E-state index contributed by atoms with van der Waals surface area (Å²) in [5.74, 6) is 2.44. The van der Waals surface area contributed by atoms with Crippen molar-refractivity contribution in [3.8, 4) is 5.75 Å². The Labute approximate surface area is 176 Å². The number of para-hydroxylation sites is 1. The van der Waals surface area contributed by atoms with Crippen LogP contribution in [-0.2, 0) is 16.1 Å². The van der Waals surface area contributed by atoms with Crippen LogP contribution in [0.4, 0.5) is 0 Å². The molecule has 1 saturated heterocycles. The highest BCUT2D eigenvalue weighted by molar-refractivity contribution is 5.77. The molecule has 160 valence electrons. The number of ether oxygens (including phenoxy) is 1. The fraction of sp³-hybridized carbons (Fsp3) is 0.545. The van der Waals surface area contributed by atoms with E-state index in [2.05, 4.69) is 15.4 Å². The van der Waals surface area contributed by atoms with E-state index in [0.29, 0.717) is 44.6 Å². The number of hydrogen-bond acceptors (Lipinski definition) is 5. The Morgan fingerprint density at radius 3 is 2.87 bits per heavy atom. The fourth-order valence-corrected chi connectivity index (χ4v) is 4.45. The summed E-state index contributed by atoms with van der Waals surface area (Å²) in [6, 6.07) is 7.73. The van der Waals surface area contributed by atoms with E-state index < -0.39 is 5.60 Å². The van der Waals surface area contributed by atoms with Crippen LogP contribution in [0.1, 0.15) is 55.4 Å². The van der Waals surface area contributed by atoms with Crippen LogP contribution < -0.4 is 10.1 Å². The van der Waals surface area contributed by atoms with Gasteiger partial charge in [0.1, 0.15) is 23.0 Å². The van der Waals surface area contributed by atoms with Gasteiger partial charge in [0.25, 0.3) is 0 Å². The molecule has 2 aliphatic heterocycles. The number of aryl methyl sites for hydroxylation is 3. The van der Waals surface area contributed by atoms with Gasteiger partial charge < -0.3 is 15.0 Å². The number of carbonyl (C=O) groups is 2. The minimum Gasteiger partial charge on any atom is -0.487 e. The lowest BCUT2D eigenvalue weighted by Crippen LogP contribution is -2.46. The molecule has 8 heteroatoms. The lowest BCUT2D eigenvalue weighted by Gasteiger charge is -2.42. The van der Waals surface area contributed by atoms with Gasteiger partial charge in [0, 0.05) is 44.8 Å². The van der Waals surface area contributed by atoms with E-state index in [-0.39, 0.29) is 17.9 Å². The van der Waals surface area contributed by atoms with Crippen LogP contribution in [0.2, 0.25) is 0 Å². The Bertz CT molecular complexity index is 956. The molecule has 0 bridgehead atoms. The van der Waals surface area contributed by atoms with Crippen molar-refractivity contribution in [2.24, 2.45) is 0 Å². The predicted octanol–water partition coefficient (Wildman–Crippen LogP) is 2.31. The van der Waals surface area contributed by atoms with Crippen LogP contribution in [-0.4, -0.2) is 50.7 Å². The minimum atomic E-state index is -0.438. The number of hydrogen-bond donors (Lipinski definition) is 1. The molecule has 1 fully saturated rings. The third-order valence-electron chi connectivity index (χ3n) is 6.17. The molecule has 1 spiro atoms. The second-order valence-electron chi connectivity index (χ2n) is 8.39. The Kier molecular flexibility index (Phi) is 5.49. The molecule has 2 amide bonds. The average Bonchev–Trinajstić information content (AvgIpc) is 2.99. The second kappa shape index (κ2) is 8.08. The molecule has 30 heavy (non-hydrogen) atoms. The number of fused-ring (bicyclic) bond motifs is 1. The first-order valence-electron chi connectivity index (χ1n) is 10.5. The van der Waals surface area contributed by atoms with Gasteiger partial charge in [-0.2, -0.15) is 5.10 Å². The molecule has 2 atom stereocenters. The van der Waals surface area contributed by atoms with E-state index in [0.717, 1.165) is 23.6 Å². The molecule has 0 aliphatic carbocycles. The van der Waals surface area contributed by atoms with Crippen molar-refractivity contribution in [3.05, 3.63) is 41.5 Å². The number of nitrogens with one attached hydrogen (secondary N) is 1. The van der Waals surface area contributed by atoms with Gasteiger partial charge in [-0.05, 0) is 26.3 Å². The lowest BCUT2D eigenvalue weighted by molar-refractivity contribution is -0.129. The van der Waals surface area contributed by atoms with E-state index in [1.807, 2.05) is 45.2 Å². The van der Waals surface area contributed by atoms with Crippen molar-refractivity contribution in [1.29, 1.82) is 0 Å². The smallest absolute Gasteiger partial charge is 0.222 e. The zero-order chi connectivity index (χ0) is 21.3. The van der Waals surface area contributed by atoms with Crippen LogP contribution in [0.25, 0.3) is 0 Å². The molecule has 0 saturated carbocycles. The maximum Gasteiger partial charge on any atom is 0.222 e. The Morgan fingerprint density at radius 1 is 1.30 bits per heavy atom. The first-order chi connectivity index (χ1) is 14.3. The van der Waals surface area contributed by atoms with Gasteiger partial charge in [-0.3, -0.25) is 9.59 Å². The number of rotatable bonds is 4. The van der Waals surface area contributed by atoms with Gasteiger partial charge in [0.05, 0.1) is 12.6 Å². The fourth-order valence-electron chi connectivity index (χ4n) is 4.45. The summed E-state index contributed by atoms with van der Waals surface area (Å²) in [6.07, 6.45) is 2.88. The SMILES string of the molecule is Cc1nc(C)n(CCC(=O)N[C@@H]2C[C@@]3(CCC(=O)N(C)CC3)Oc3ccccc32)n1. The van der Waals surface area contributed by atoms with Crippen molar-refractivity contribution in [2.75, 3.05) is 13.6 Å². The molecule has 2 aliphatic rings. The van der Waals surface area contributed by atoms with Crippen LogP contribution >= 0.6 is 0 Å². The molecule has 4 rings (SSSR count). The van der Waals surface area contributed by atoms with Gasteiger partial charge in [-0.15, -0.1) is 0 Å². The normalized spacial score (nSPS) is 23.6. The number of carbonyl (C=O) groups excluding carboxylic acids is 2. The third-order valence-corrected chi connectivity index (χ3v) is 6.17. The van der Waals surface area contributed by atoms with E-state index >= 15 is 0 Å². The summed E-state index contributed by atoms with van der Waals surface area (Å²) < 4.78 is 8.21.